The number of aliphatic carboxylic acids is 1. The van der Waals surface area contributed by atoms with Crippen LogP contribution >= 0.6 is 0 Å². The van der Waals surface area contributed by atoms with Gasteiger partial charge in [-0.1, -0.05) is 0 Å². The minimum absolute atomic E-state index is 0.0507. The molecule has 1 saturated heterocycles. The van der Waals surface area contributed by atoms with Crippen LogP contribution in [0.2, 0.25) is 0 Å². The minimum Gasteiger partial charge on any atom is -0.473 e. The molecule has 0 aromatic rings. The summed E-state index contributed by atoms with van der Waals surface area (Å²) in [5.41, 5.74) is -0.770. The van der Waals surface area contributed by atoms with Gasteiger partial charge in [-0.25, -0.2) is 19.2 Å². The molecule has 0 bridgehead atoms. The molecular weight excluding hydrogens is 298 g/mol. The van der Waals surface area contributed by atoms with Gasteiger partial charge < -0.3 is 19.3 Å². The maximum atomic E-state index is 12.1. The number of carbonyl (C=O) groups is 4. The van der Waals surface area contributed by atoms with Crippen LogP contribution in [0, 0.1) is 0 Å². The van der Waals surface area contributed by atoms with E-state index in [2.05, 4.69) is 4.74 Å². The molecule has 0 saturated carbocycles. The molecule has 0 unspecified atom stereocenters. The van der Waals surface area contributed by atoms with Gasteiger partial charge in [0.25, 0.3) is 0 Å². The van der Waals surface area contributed by atoms with E-state index in [1.807, 2.05) is 0 Å². The third-order valence-corrected chi connectivity index (χ3v) is 2.81. The lowest BCUT2D eigenvalue weighted by Crippen LogP contribution is -2.44. The highest BCUT2D eigenvalue weighted by Crippen LogP contribution is 2.24. The lowest BCUT2D eigenvalue weighted by atomic mass is 10.2. The first-order valence-corrected chi connectivity index (χ1v) is 6.56. The number of likely N-dealkylation sites (tertiary alicyclic amines) is 1. The van der Waals surface area contributed by atoms with Gasteiger partial charge in [-0.05, 0) is 20.8 Å². The summed E-state index contributed by atoms with van der Waals surface area (Å²) >= 11 is 0. The van der Waals surface area contributed by atoms with Crippen molar-refractivity contribution in [3.8, 4) is 0 Å². The average Bonchev–Trinajstić information content (AvgIpc) is 2.79. The van der Waals surface area contributed by atoms with Crippen molar-refractivity contribution in [2.24, 2.45) is 0 Å². The summed E-state index contributed by atoms with van der Waals surface area (Å²) in [6.45, 7) is 4.84. The Bertz CT molecular complexity index is 481. The molecule has 9 nitrogen and oxygen atoms in total. The minimum atomic E-state index is -1.75. The predicted octanol–water partition coefficient (Wildman–Crippen LogP) is 0.165. The molecule has 0 aromatic carbocycles. The normalized spacial score (nSPS) is 21.2. The SMILES string of the molecule is COC(=O)[C@H]1C[C@@H](OC(=O)C(=O)O)CN1C(=O)OC(C)(C)C. The van der Waals surface area contributed by atoms with Crippen LogP contribution in [-0.2, 0) is 28.6 Å². The molecule has 1 fully saturated rings. The van der Waals surface area contributed by atoms with Crippen LogP contribution in [-0.4, -0.2) is 65.4 Å². The standard InChI is InChI=1S/C13H19NO8/c1-13(2,3)22-12(19)14-6-7(21-11(18)9(15)16)5-8(14)10(17)20-4/h7-8H,5-6H2,1-4H3,(H,15,16)/t7-,8-/m1/s1. The second-order valence-corrected chi connectivity index (χ2v) is 5.74. The highest BCUT2D eigenvalue weighted by atomic mass is 16.6. The van der Waals surface area contributed by atoms with E-state index >= 15 is 0 Å². The molecule has 0 spiro atoms. The van der Waals surface area contributed by atoms with E-state index in [9.17, 15) is 19.2 Å². The van der Waals surface area contributed by atoms with Gasteiger partial charge in [-0.2, -0.15) is 0 Å². The number of esters is 2. The van der Waals surface area contributed by atoms with E-state index in [0.29, 0.717) is 0 Å². The molecule has 1 aliphatic rings. The fraction of sp³-hybridized carbons (Fsp3) is 0.692. The molecular formula is C13H19NO8. The van der Waals surface area contributed by atoms with Crippen LogP contribution in [0.1, 0.15) is 27.2 Å². The third kappa shape index (κ3) is 4.61. The number of nitrogens with zero attached hydrogens (tertiary/aromatic N) is 1. The van der Waals surface area contributed by atoms with Crippen LogP contribution in [0.5, 0.6) is 0 Å². The molecule has 2 atom stereocenters. The molecule has 0 aromatic heterocycles. The van der Waals surface area contributed by atoms with Crippen LogP contribution in [0.25, 0.3) is 0 Å². The topological polar surface area (TPSA) is 119 Å². The molecule has 0 aliphatic carbocycles. The Morgan fingerprint density at radius 2 is 1.77 bits per heavy atom. The lowest BCUT2D eigenvalue weighted by Gasteiger charge is -2.27. The van der Waals surface area contributed by atoms with E-state index in [-0.39, 0.29) is 13.0 Å². The van der Waals surface area contributed by atoms with Crippen LogP contribution in [0.15, 0.2) is 0 Å². The van der Waals surface area contributed by atoms with Crippen LogP contribution in [0.4, 0.5) is 4.79 Å². The first-order chi connectivity index (χ1) is 10.0. The molecule has 1 aliphatic heterocycles. The Hall–Kier alpha value is -2.32. The van der Waals surface area contributed by atoms with Gasteiger partial charge in [0.05, 0.1) is 13.7 Å². The van der Waals surface area contributed by atoms with Crippen molar-refractivity contribution in [1.82, 2.24) is 4.90 Å². The number of ether oxygens (including phenoxy) is 3. The van der Waals surface area contributed by atoms with Crippen molar-refractivity contribution < 1.29 is 38.5 Å². The van der Waals surface area contributed by atoms with Crippen molar-refractivity contribution in [2.45, 2.75) is 44.9 Å². The highest BCUT2D eigenvalue weighted by Gasteiger charge is 2.44. The van der Waals surface area contributed by atoms with Crippen molar-refractivity contribution in [3.05, 3.63) is 0 Å². The molecule has 9 heteroatoms. The van der Waals surface area contributed by atoms with Crippen molar-refractivity contribution in [3.63, 3.8) is 0 Å². The predicted molar refractivity (Wildman–Crippen MR) is 70.9 cm³/mol. The third-order valence-electron chi connectivity index (χ3n) is 2.81. The van der Waals surface area contributed by atoms with Gasteiger partial charge in [0.1, 0.15) is 17.7 Å². The van der Waals surface area contributed by atoms with Gasteiger partial charge in [-0.15, -0.1) is 0 Å². The van der Waals surface area contributed by atoms with Gasteiger partial charge in [0.15, 0.2) is 0 Å². The van der Waals surface area contributed by atoms with Crippen LogP contribution in [0.3, 0.4) is 0 Å². The summed E-state index contributed by atoms with van der Waals surface area (Å²) in [6.07, 6.45) is -1.73. The fourth-order valence-corrected chi connectivity index (χ4v) is 1.97. The number of carbonyl (C=O) groups excluding carboxylic acids is 3. The Balaban J connectivity index is 2.84. The van der Waals surface area contributed by atoms with Gasteiger partial charge in [0, 0.05) is 6.42 Å². The highest BCUT2D eigenvalue weighted by molar-refractivity contribution is 6.28. The summed E-state index contributed by atoms with van der Waals surface area (Å²) in [6, 6.07) is -0.994. The first kappa shape index (κ1) is 17.7. The summed E-state index contributed by atoms with van der Waals surface area (Å²) in [7, 11) is 1.16. The molecule has 124 valence electrons. The van der Waals surface area contributed by atoms with Gasteiger partial charge >= 0.3 is 24.0 Å². The summed E-state index contributed by atoms with van der Waals surface area (Å²) in [5, 5.41) is 8.52. The number of hydrogen-bond acceptors (Lipinski definition) is 7. The quantitative estimate of drug-likeness (QED) is 0.434. The molecule has 0 radical (unpaired) electrons. The van der Waals surface area contributed by atoms with E-state index in [1.54, 1.807) is 20.8 Å². The number of amides is 1. The van der Waals surface area contributed by atoms with Crippen molar-refractivity contribution in [2.75, 3.05) is 13.7 Å². The summed E-state index contributed by atoms with van der Waals surface area (Å²) < 4.78 is 14.5. The Morgan fingerprint density at radius 1 is 1.18 bits per heavy atom. The maximum Gasteiger partial charge on any atom is 0.417 e. The Morgan fingerprint density at radius 3 is 2.23 bits per heavy atom. The Kier molecular flexibility index (Phi) is 5.34. The smallest absolute Gasteiger partial charge is 0.417 e. The molecule has 1 heterocycles. The number of carboxylic acids is 1. The monoisotopic (exact) mass is 317 g/mol. The summed E-state index contributed by atoms with van der Waals surface area (Å²) in [5.74, 6) is -3.88. The average molecular weight is 317 g/mol. The van der Waals surface area contributed by atoms with Crippen LogP contribution < -0.4 is 0 Å². The maximum absolute atomic E-state index is 12.1. The van der Waals surface area contributed by atoms with Gasteiger partial charge in [0.2, 0.25) is 0 Å². The lowest BCUT2D eigenvalue weighted by molar-refractivity contribution is -0.167. The van der Waals surface area contributed by atoms with Crippen molar-refractivity contribution >= 4 is 24.0 Å². The van der Waals surface area contributed by atoms with E-state index in [0.717, 1.165) is 12.0 Å². The summed E-state index contributed by atoms with van der Waals surface area (Å²) in [4.78, 5) is 46.5. The number of hydrogen-bond donors (Lipinski definition) is 1. The van der Waals surface area contributed by atoms with E-state index in [4.69, 9.17) is 14.6 Å². The zero-order chi connectivity index (χ0) is 17.1. The van der Waals surface area contributed by atoms with E-state index in [1.165, 1.54) is 0 Å². The molecule has 1 amide bonds. The van der Waals surface area contributed by atoms with Crippen molar-refractivity contribution in [1.29, 1.82) is 0 Å². The number of methoxy groups -OCH3 is 1. The zero-order valence-electron chi connectivity index (χ0n) is 12.8. The fourth-order valence-electron chi connectivity index (χ4n) is 1.97. The largest absolute Gasteiger partial charge is 0.473 e. The number of rotatable bonds is 2. The van der Waals surface area contributed by atoms with Gasteiger partial charge in [-0.3, -0.25) is 4.90 Å². The molecule has 1 N–H and O–H groups in total. The van der Waals surface area contributed by atoms with E-state index < -0.39 is 41.7 Å². The Labute approximate surface area is 127 Å². The second kappa shape index (κ2) is 6.63. The second-order valence-electron chi connectivity index (χ2n) is 5.74. The molecule has 22 heavy (non-hydrogen) atoms. The molecule has 1 rings (SSSR count). The number of carboxylic acid groups (broad SMARTS) is 1. The first-order valence-electron chi connectivity index (χ1n) is 6.56. The zero-order valence-corrected chi connectivity index (χ0v) is 12.8.